The molecule has 7 nitrogen and oxygen atoms in total. The van der Waals surface area contributed by atoms with Crippen LogP contribution in [0.1, 0.15) is 19.3 Å². The van der Waals surface area contributed by atoms with Crippen LogP contribution in [0, 0.1) is 5.92 Å². The van der Waals surface area contributed by atoms with Crippen molar-refractivity contribution >= 4 is 23.6 Å². The van der Waals surface area contributed by atoms with Crippen LogP contribution in [0.4, 0.5) is 10.5 Å². The summed E-state index contributed by atoms with van der Waals surface area (Å²) in [5.74, 6) is -0.574. The molecule has 132 valence electrons. The molecule has 2 saturated heterocycles. The number of hydrogen-bond acceptors (Lipinski definition) is 4. The van der Waals surface area contributed by atoms with E-state index >= 15 is 0 Å². The smallest absolute Gasteiger partial charge is 0.410 e. The van der Waals surface area contributed by atoms with Gasteiger partial charge in [-0.25, -0.2) is 4.79 Å². The predicted molar refractivity (Wildman–Crippen MR) is 89.9 cm³/mol. The Balaban J connectivity index is 1.29. The van der Waals surface area contributed by atoms with Crippen LogP contribution in [0.5, 0.6) is 0 Å². The predicted octanol–water partition coefficient (Wildman–Crippen LogP) is 1.14. The highest BCUT2D eigenvalue weighted by molar-refractivity contribution is 6.00. The van der Waals surface area contributed by atoms with Gasteiger partial charge in [-0.3, -0.25) is 9.59 Å². The van der Waals surface area contributed by atoms with E-state index in [1.807, 2.05) is 30.3 Å². The van der Waals surface area contributed by atoms with Gasteiger partial charge in [-0.05, 0) is 25.0 Å². The molecular formula is C18H21N3O4. The first-order chi connectivity index (χ1) is 12.1. The van der Waals surface area contributed by atoms with Gasteiger partial charge < -0.3 is 19.9 Å². The highest BCUT2D eigenvalue weighted by Crippen LogP contribution is 2.30. The van der Waals surface area contributed by atoms with Crippen molar-refractivity contribution < 1.29 is 19.1 Å². The number of para-hydroxylation sites is 1. The van der Waals surface area contributed by atoms with Gasteiger partial charge in [0.25, 0.3) is 0 Å². The maximum absolute atomic E-state index is 12.4. The molecule has 2 aliphatic heterocycles. The molecule has 3 amide bonds. The normalized spacial score (nSPS) is 26.1. The topological polar surface area (TPSA) is 79.0 Å². The number of carbonyl (C=O) groups is 3. The lowest BCUT2D eigenvalue weighted by atomic mass is 10.1. The van der Waals surface area contributed by atoms with Gasteiger partial charge in [-0.15, -0.1) is 0 Å². The molecule has 7 heteroatoms. The summed E-state index contributed by atoms with van der Waals surface area (Å²) in [5, 5.41) is 2.84. The Morgan fingerprint density at radius 2 is 1.92 bits per heavy atom. The van der Waals surface area contributed by atoms with Gasteiger partial charge in [0.2, 0.25) is 11.8 Å². The van der Waals surface area contributed by atoms with Gasteiger partial charge in [0.15, 0.2) is 0 Å². The number of amides is 3. The van der Waals surface area contributed by atoms with Crippen LogP contribution < -0.4 is 10.2 Å². The summed E-state index contributed by atoms with van der Waals surface area (Å²) < 4.78 is 5.29. The molecule has 1 N–H and O–H groups in total. The lowest BCUT2D eigenvalue weighted by Crippen LogP contribution is -2.39. The number of nitrogens with one attached hydrogen (secondary N) is 1. The van der Waals surface area contributed by atoms with E-state index in [0.717, 1.165) is 18.5 Å². The number of nitrogens with zero attached hydrogens (tertiary/aromatic N) is 2. The Hall–Kier alpha value is -2.57. The van der Waals surface area contributed by atoms with E-state index in [-0.39, 0.29) is 36.4 Å². The van der Waals surface area contributed by atoms with Gasteiger partial charge in [-0.1, -0.05) is 18.2 Å². The van der Waals surface area contributed by atoms with Gasteiger partial charge >= 0.3 is 6.09 Å². The highest BCUT2D eigenvalue weighted by atomic mass is 16.6. The monoisotopic (exact) mass is 343 g/mol. The number of ether oxygens (including phenoxy) is 1. The number of carbonyl (C=O) groups excluding carboxylic acids is 3. The van der Waals surface area contributed by atoms with Crippen molar-refractivity contribution in [3.8, 4) is 0 Å². The lowest BCUT2D eigenvalue weighted by molar-refractivity contribution is -0.126. The molecule has 25 heavy (non-hydrogen) atoms. The average Bonchev–Trinajstić information content (AvgIpc) is 3.29. The summed E-state index contributed by atoms with van der Waals surface area (Å²) in [5.41, 5.74) is 0.813. The van der Waals surface area contributed by atoms with Crippen LogP contribution in [0.25, 0.3) is 0 Å². The molecule has 4 rings (SSSR count). The molecule has 2 atom stereocenters. The van der Waals surface area contributed by atoms with Crippen LogP contribution in [0.2, 0.25) is 0 Å². The van der Waals surface area contributed by atoms with E-state index in [1.54, 1.807) is 9.80 Å². The van der Waals surface area contributed by atoms with E-state index in [0.29, 0.717) is 25.7 Å². The zero-order chi connectivity index (χ0) is 17.4. The summed E-state index contributed by atoms with van der Waals surface area (Å²) in [6.07, 6.45) is 1.69. The van der Waals surface area contributed by atoms with E-state index in [2.05, 4.69) is 5.32 Å². The molecule has 0 spiro atoms. The van der Waals surface area contributed by atoms with Crippen molar-refractivity contribution in [3.05, 3.63) is 30.3 Å². The Morgan fingerprint density at radius 1 is 1.16 bits per heavy atom. The number of benzene rings is 1. The van der Waals surface area contributed by atoms with Crippen molar-refractivity contribution in [2.45, 2.75) is 31.4 Å². The van der Waals surface area contributed by atoms with E-state index in [9.17, 15) is 14.4 Å². The fourth-order valence-corrected chi connectivity index (χ4v) is 3.43. The summed E-state index contributed by atoms with van der Waals surface area (Å²) in [6, 6.07) is 9.68. The number of cyclic esters (lactones) is 1. The van der Waals surface area contributed by atoms with E-state index < -0.39 is 0 Å². The molecule has 0 radical (unpaired) electrons. The molecule has 2 heterocycles. The molecule has 1 aromatic rings. The van der Waals surface area contributed by atoms with E-state index in [1.165, 1.54) is 0 Å². The minimum Gasteiger partial charge on any atom is -0.442 e. The Kier molecular flexibility index (Phi) is 4.07. The third-order valence-electron chi connectivity index (χ3n) is 4.96. The first-order valence-corrected chi connectivity index (χ1v) is 8.72. The maximum atomic E-state index is 12.4. The molecule has 3 aliphatic rings. The molecule has 1 aromatic carbocycles. The van der Waals surface area contributed by atoms with Crippen LogP contribution in [-0.2, 0) is 14.3 Å². The van der Waals surface area contributed by atoms with Gasteiger partial charge in [0.05, 0.1) is 19.0 Å². The quantitative estimate of drug-likeness (QED) is 0.869. The Morgan fingerprint density at radius 3 is 2.64 bits per heavy atom. The largest absolute Gasteiger partial charge is 0.442 e. The van der Waals surface area contributed by atoms with Gasteiger partial charge in [0, 0.05) is 24.7 Å². The van der Waals surface area contributed by atoms with Crippen LogP contribution >= 0.6 is 0 Å². The standard InChI is InChI=1S/C18H21N3O4/c22-16-8-12(10-20(16)13-4-2-1-3-5-13)17(23)19-9-15-11-21(14-6-7-14)18(24)25-15/h1-5,12,14-15H,6-11H2,(H,19,23). The SMILES string of the molecule is O=C(NCC1CN(C2CC2)C(=O)O1)C1CC(=O)N(c2ccccc2)C1. The second-order valence-corrected chi connectivity index (χ2v) is 6.88. The fourth-order valence-electron chi connectivity index (χ4n) is 3.43. The summed E-state index contributed by atoms with van der Waals surface area (Å²) in [6.45, 7) is 1.21. The molecule has 3 fully saturated rings. The Bertz CT molecular complexity index is 689. The summed E-state index contributed by atoms with van der Waals surface area (Å²) in [7, 11) is 0. The first-order valence-electron chi connectivity index (χ1n) is 8.72. The van der Waals surface area contributed by atoms with Crippen molar-refractivity contribution in [1.29, 1.82) is 0 Å². The van der Waals surface area contributed by atoms with Gasteiger partial charge in [-0.2, -0.15) is 0 Å². The number of rotatable bonds is 5. The third kappa shape index (κ3) is 3.31. The summed E-state index contributed by atoms with van der Waals surface area (Å²) in [4.78, 5) is 39.7. The molecule has 1 aliphatic carbocycles. The zero-order valence-electron chi connectivity index (χ0n) is 13.9. The zero-order valence-corrected chi connectivity index (χ0v) is 13.9. The maximum Gasteiger partial charge on any atom is 0.410 e. The van der Waals surface area contributed by atoms with Crippen LogP contribution in [0.3, 0.4) is 0 Å². The number of hydrogen-bond donors (Lipinski definition) is 1. The average molecular weight is 343 g/mol. The fraction of sp³-hybridized carbons (Fsp3) is 0.500. The molecule has 2 unspecified atom stereocenters. The lowest BCUT2D eigenvalue weighted by Gasteiger charge is -2.17. The van der Waals surface area contributed by atoms with Crippen LogP contribution in [-0.4, -0.2) is 54.6 Å². The summed E-state index contributed by atoms with van der Waals surface area (Å²) >= 11 is 0. The third-order valence-corrected chi connectivity index (χ3v) is 4.96. The Labute approximate surface area is 145 Å². The van der Waals surface area contributed by atoms with Crippen LogP contribution in [0.15, 0.2) is 30.3 Å². The first kappa shape index (κ1) is 15.9. The number of anilines is 1. The second kappa shape index (κ2) is 6.38. The van der Waals surface area contributed by atoms with Crippen molar-refractivity contribution in [1.82, 2.24) is 10.2 Å². The molecule has 0 bridgehead atoms. The molecule has 0 aromatic heterocycles. The van der Waals surface area contributed by atoms with Gasteiger partial charge in [0.1, 0.15) is 6.10 Å². The highest BCUT2D eigenvalue weighted by Gasteiger charge is 2.41. The molecule has 1 saturated carbocycles. The molecular weight excluding hydrogens is 322 g/mol. The minimum absolute atomic E-state index is 0.0430. The van der Waals surface area contributed by atoms with Crippen molar-refractivity contribution in [2.24, 2.45) is 5.92 Å². The second-order valence-electron chi connectivity index (χ2n) is 6.88. The van der Waals surface area contributed by atoms with E-state index in [4.69, 9.17) is 4.74 Å². The van der Waals surface area contributed by atoms with Crippen molar-refractivity contribution in [3.63, 3.8) is 0 Å². The van der Waals surface area contributed by atoms with Crippen molar-refractivity contribution in [2.75, 3.05) is 24.5 Å². The minimum atomic E-state index is -0.371.